The zero-order chi connectivity index (χ0) is 30.5. The number of nitrogens with zero attached hydrogens (tertiary/aromatic N) is 2. The number of benzene rings is 2. The number of ether oxygens (including phenoxy) is 5. The molecule has 43 heavy (non-hydrogen) atoms. The van der Waals surface area contributed by atoms with Crippen LogP contribution in [0.4, 0.5) is 0 Å². The fraction of sp³-hybridized carbons (Fsp3) is 0.500. The Bertz CT molecular complexity index is 1590. The van der Waals surface area contributed by atoms with E-state index < -0.39 is 47.3 Å². The van der Waals surface area contributed by atoms with E-state index in [1.54, 1.807) is 6.92 Å². The number of cyclic esters (lactones) is 1. The monoisotopic (exact) mass is 612 g/mol. The summed E-state index contributed by atoms with van der Waals surface area (Å²) in [5.41, 5.74) is 4.10. The quantitative estimate of drug-likeness (QED) is 0.291. The third kappa shape index (κ3) is 3.91. The lowest BCUT2D eigenvalue weighted by atomic mass is 9.73. The molecule has 2 aromatic carbocycles. The first kappa shape index (κ1) is 28.3. The Morgan fingerprint density at radius 2 is 1.84 bits per heavy atom. The van der Waals surface area contributed by atoms with Crippen LogP contribution in [0.2, 0.25) is 0 Å². The number of rotatable bonds is 2. The Kier molecular flexibility index (Phi) is 6.58. The molecule has 0 saturated carbocycles. The van der Waals surface area contributed by atoms with Gasteiger partial charge in [-0.15, -0.1) is 11.8 Å². The van der Waals surface area contributed by atoms with Crippen molar-refractivity contribution in [1.29, 1.82) is 0 Å². The lowest BCUT2D eigenvalue weighted by molar-refractivity contribution is -0.184. The van der Waals surface area contributed by atoms with E-state index in [2.05, 4.69) is 4.90 Å². The number of hydrogen-bond donors (Lipinski definition) is 2. The van der Waals surface area contributed by atoms with E-state index in [1.807, 2.05) is 24.9 Å². The van der Waals surface area contributed by atoms with Gasteiger partial charge in [-0.1, -0.05) is 6.07 Å². The average molecular weight is 613 g/mol. The number of carbonyl (C=O) groups excluding carboxylic acids is 3. The number of hydrogen-bond acceptors (Lipinski definition) is 13. The molecule has 12 nitrogen and oxygen atoms in total. The number of phenols is 1. The molecule has 0 amide bonds. The van der Waals surface area contributed by atoms with Crippen molar-refractivity contribution in [2.75, 3.05) is 33.3 Å². The Balaban J connectivity index is 1.55. The molecule has 6 atom stereocenters. The van der Waals surface area contributed by atoms with Crippen molar-refractivity contribution in [2.24, 2.45) is 0 Å². The SMILES string of the molecule is COc1c(C)cc2c(c1O)[C@@H]1[C@@H]3[C@@H]4SCC(=O)C(=O)OC[C@@H](c5c6c(c(C)c(OC(C)=O)c54)OCO6)N3[C@@H](O)[C@@H](C2)N1C. The number of ketones is 1. The number of aryl methyl sites for hydroxylation is 1. The summed E-state index contributed by atoms with van der Waals surface area (Å²) in [5, 5.41) is 23.2. The molecule has 0 spiro atoms. The Hall–Kier alpha value is -3.52. The van der Waals surface area contributed by atoms with E-state index in [0.29, 0.717) is 45.9 Å². The molecule has 2 aromatic rings. The van der Waals surface area contributed by atoms with Gasteiger partial charge in [-0.2, -0.15) is 0 Å². The van der Waals surface area contributed by atoms with Gasteiger partial charge in [0.25, 0.3) is 0 Å². The number of likely N-dealkylation sites (N-methyl/N-ethyl adjacent to an activating group) is 1. The molecule has 228 valence electrons. The molecule has 2 saturated heterocycles. The number of methoxy groups -OCH3 is 1. The smallest absolute Gasteiger partial charge is 0.375 e. The van der Waals surface area contributed by atoms with Gasteiger partial charge >= 0.3 is 11.9 Å². The molecule has 5 heterocycles. The predicted octanol–water partition coefficient (Wildman–Crippen LogP) is 2.23. The van der Waals surface area contributed by atoms with Crippen LogP contribution in [-0.2, 0) is 25.5 Å². The van der Waals surface area contributed by atoms with Crippen LogP contribution in [-0.4, -0.2) is 89.4 Å². The lowest BCUT2D eigenvalue weighted by Crippen LogP contribution is -2.69. The standard InChI is InChI=1S/C30H32N2O10S/c1-11-6-14-7-15-29(36)32-16-8-39-30(37)17(34)9-43-28(22(32)21(31(15)4)18(14)23(35)24(11)38-5)20-19(16)27-26(40-10-41-27)12(2)25(20)42-13(3)33/h6,15-16,21-22,28-29,35-36H,7-10H2,1-5H3/t15-,16+,21-,22-,28-,29+/m1/s1. The highest BCUT2D eigenvalue weighted by molar-refractivity contribution is 8.00. The summed E-state index contributed by atoms with van der Waals surface area (Å²) in [4.78, 5) is 42.0. The zero-order valence-electron chi connectivity index (χ0n) is 24.3. The summed E-state index contributed by atoms with van der Waals surface area (Å²) in [5.74, 6) is -0.882. The van der Waals surface area contributed by atoms with Crippen molar-refractivity contribution in [3.05, 3.63) is 39.4 Å². The molecule has 2 fully saturated rings. The molecule has 5 aliphatic heterocycles. The number of piperazine rings is 1. The maximum atomic E-state index is 12.9. The molecule has 4 bridgehead atoms. The summed E-state index contributed by atoms with van der Waals surface area (Å²) in [6.45, 7) is 4.63. The van der Waals surface area contributed by atoms with Gasteiger partial charge in [0.05, 0.1) is 36.2 Å². The third-order valence-corrected chi connectivity index (χ3v) is 10.7. The zero-order valence-corrected chi connectivity index (χ0v) is 25.1. The molecule has 0 unspecified atom stereocenters. The second kappa shape index (κ2) is 10.0. The number of thioether (sulfide) groups is 1. The number of aliphatic hydroxyl groups excluding tert-OH is 1. The van der Waals surface area contributed by atoms with Crippen LogP contribution in [0.1, 0.15) is 57.6 Å². The van der Waals surface area contributed by atoms with E-state index in [9.17, 15) is 24.6 Å². The maximum absolute atomic E-state index is 12.9. The highest BCUT2D eigenvalue weighted by Gasteiger charge is 2.60. The Morgan fingerprint density at radius 1 is 1.09 bits per heavy atom. The third-order valence-electron chi connectivity index (χ3n) is 9.37. The molecule has 2 N–H and O–H groups in total. The van der Waals surface area contributed by atoms with Crippen LogP contribution in [0.5, 0.6) is 28.7 Å². The van der Waals surface area contributed by atoms with E-state index >= 15 is 0 Å². The first-order chi connectivity index (χ1) is 20.5. The van der Waals surface area contributed by atoms with Crippen LogP contribution >= 0.6 is 11.8 Å². The molecule has 5 aliphatic rings. The van der Waals surface area contributed by atoms with Gasteiger partial charge in [-0.05, 0) is 38.4 Å². The molecular formula is C30H32N2O10S. The van der Waals surface area contributed by atoms with Crippen molar-refractivity contribution < 1.29 is 48.3 Å². The topological polar surface area (TPSA) is 144 Å². The number of esters is 2. The fourth-order valence-electron chi connectivity index (χ4n) is 7.71. The minimum atomic E-state index is -1.03. The number of aromatic hydroxyl groups is 1. The van der Waals surface area contributed by atoms with Gasteiger partial charge in [0, 0.05) is 35.2 Å². The summed E-state index contributed by atoms with van der Waals surface area (Å²) < 4.78 is 28.9. The average Bonchev–Trinajstić information content (AvgIpc) is 3.45. The largest absolute Gasteiger partial charge is 0.504 e. The summed E-state index contributed by atoms with van der Waals surface area (Å²) in [6.07, 6.45) is -0.582. The van der Waals surface area contributed by atoms with Crippen LogP contribution in [0.25, 0.3) is 0 Å². The Labute approximate surface area is 251 Å². The fourth-order valence-corrected chi connectivity index (χ4v) is 9.04. The van der Waals surface area contributed by atoms with Crippen molar-refractivity contribution >= 4 is 29.5 Å². The summed E-state index contributed by atoms with van der Waals surface area (Å²) in [7, 11) is 3.42. The lowest BCUT2D eigenvalue weighted by Gasteiger charge is -2.61. The number of carbonyl (C=O) groups is 3. The van der Waals surface area contributed by atoms with Crippen LogP contribution < -0.4 is 18.9 Å². The first-order valence-corrected chi connectivity index (χ1v) is 15.1. The van der Waals surface area contributed by atoms with E-state index in [4.69, 9.17) is 23.7 Å². The van der Waals surface area contributed by atoms with Crippen molar-refractivity contribution in [1.82, 2.24) is 9.80 Å². The molecule has 0 radical (unpaired) electrons. The highest BCUT2D eigenvalue weighted by atomic mass is 32.2. The van der Waals surface area contributed by atoms with E-state index in [0.717, 1.165) is 11.1 Å². The minimum Gasteiger partial charge on any atom is -0.504 e. The van der Waals surface area contributed by atoms with E-state index in [1.165, 1.54) is 25.8 Å². The van der Waals surface area contributed by atoms with Crippen LogP contribution in [0.15, 0.2) is 6.07 Å². The highest BCUT2D eigenvalue weighted by Crippen LogP contribution is 2.63. The van der Waals surface area contributed by atoms with Gasteiger partial charge in [0.1, 0.15) is 18.6 Å². The minimum absolute atomic E-state index is 0.0203. The summed E-state index contributed by atoms with van der Waals surface area (Å²) >= 11 is 1.21. The maximum Gasteiger partial charge on any atom is 0.375 e. The molecular weight excluding hydrogens is 580 g/mol. The molecule has 7 rings (SSSR count). The van der Waals surface area contributed by atoms with Crippen molar-refractivity contribution in [2.45, 2.75) is 62.8 Å². The normalized spacial score (nSPS) is 29.3. The number of phenolic OH excluding ortho intramolecular Hbond substituents is 1. The van der Waals surface area contributed by atoms with Crippen molar-refractivity contribution in [3.63, 3.8) is 0 Å². The second-order valence-electron chi connectivity index (χ2n) is 11.6. The molecule has 0 aliphatic carbocycles. The van der Waals surface area contributed by atoms with Crippen LogP contribution in [0, 0.1) is 13.8 Å². The van der Waals surface area contributed by atoms with Gasteiger partial charge in [-0.3, -0.25) is 19.4 Å². The first-order valence-electron chi connectivity index (χ1n) is 14.1. The van der Waals surface area contributed by atoms with Crippen LogP contribution in [0.3, 0.4) is 0 Å². The van der Waals surface area contributed by atoms with Gasteiger partial charge in [0.15, 0.2) is 23.0 Å². The summed E-state index contributed by atoms with van der Waals surface area (Å²) in [6, 6.07) is -0.238. The van der Waals surface area contributed by atoms with Gasteiger partial charge < -0.3 is 33.9 Å². The predicted molar refractivity (Wildman–Crippen MR) is 152 cm³/mol. The molecule has 0 aromatic heterocycles. The number of Topliss-reactive ketones (excluding diaryl/α,β-unsaturated/α-hetero) is 1. The van der Waals surface area contributed by atoms with Crippen molar-refractivity contribution in [3.8, 4) is 28.7 Å². The molecule has 13 heteroatoms. The number of aliphatic hydroxyl groups is 1. The van der Waals surface area contributed by atoms with E-state index in [-0.39, 0.29) is 36.7 Å². The van der Waals surface area contributed by atoms with Gasteiger partial charge in [-0.25, -0.2) is 4.79 Å². The second-order valence-corrected chi connectivity index (χ2v) is 12.7. The Morgan fingerprint density at radius 3 is 2.56 bits per heavy atom. The number of fused-ring (bicyclic) bond motifs is 9. The van der Waals surface area contributed by atoms with Gasteiger partial charge in [0.2, 0.25) is 12.6 Å².